The van der Waals surface area contributed by atoms with Gasteiger partial charge in [0, 0.05) is 56.2 Å². The molecule has 1 aromatic heterocycles. The maximum absolute atomic E-state index is 13.2. The molecule has 2 aliphatic heterocycles. The average Bonchev–Trinajstić information content (AvgIpc) is 3.72. The summed E-state index contributed by atoms with van der Waals surface area (Å²) in [5, 5.41) is 0.969. The number of aryl methyl sites for hydroxylation is 2. The standard InChI is InChI=1S/C37H38N4O6.C6H12O.C4H9NO.C2H6/c1-23-27-10-6-7-11-29(27)39-24(2)36(23)31(42)14-12-25-13-15-32(33(17-25)44-4)46-21-40(3)22-47-35-19-30-28(18-34(35)45-5)37(43)41-16-8-9-26(41)20-38-30;1-6(2)4-5-7-3;1-3-5(2)4-6;1-2/h6-7,10-15,17-20,26H,8-9,16,21-22H2,1-5H3;4H,5H2,1-3H3;4H,3H2,1-2H3;1-2H3/b14-12+;;;. The topological polar surface area (TPSA) is 132 Å². The number of allylic oxidation sites excluding steroid dienone is 2. The van der Waals surface area contributed by atoms with E-state index in [4.69, 9.17) is 23.7 Å². The molecular formula is C49H65N5O8. The Bertz CT molecular complexity index is 2200. The molecule has 0 spiro atoms. The predicted octanol–water partition coefficient (Wildman–Crippen LogP) is 9.11. The molecule has 1 unspecified atom stereocenters. The Balaban J connectivity index is 0.000000589. The number of ether oxygens (including phenoxy) is 5. The molecule has 2 amide bonds. The van der Waals surface area contributed by atoms with Gasteiger partial charge in [-0.3, -0.25) is 24.4 Å². The van der Waals surface area contributed by atoms with Crippen molar-refractivity contribution >= 4 is 47.0 Å². The van der Waals surface area contributed by atoms with Gasteiger partial charge in [0.25, 0.3) is 5.91 Å². The number of methoxy groups -OCH3 is 3. The summed E-state index contributed by atoms with van der Waals surface area (Å²) in [6.07, 6.45) is 9.92. The minimum Gasteiger partial charge on any atom is -0.493 e. The van der Waals surface area contributed by atoms with Crippen LogP contribution in [0.5, 0.6) is 23.0 Å². The van der Waals surface area contributed by atoms with Crippen molar-refractivity contribution in [3.8, 4) is 23.0 Å². The quantitative estimate of drug-likeness (QED) is 0.0375. The maximum Gasteiger partial charge on any atom is 0.256 e. The zero-order chi connectivity index (χ0) is 45.8. The third kappa shape index (κ3) is 14.0. The lowest BCUT2D eigenvalue weighted by molar-refractivity contribution is -0.116. The van der Waals surface area contributed by atoms with Crippen LogP contribution in [0, 0.1) is 13.8 Å². The van der Waals surface area contributed by atoms with E-state index in [2.05, 4.69) is 23.8 Å². The summed E-state index contributed by atoms with van der Waals surface area (Å²) in [4.78, 5) is 50.5. The van der Waals surface area contributed by atoms with Gasteiger partial charge in [0.15, 0.2) is 28.8 Å². The summed E-state index contributed by atoms with van der Waals surface area (Å²) in [5.41, 5.74) is 6.29. The first-order valence-electron chi connectivity index (χ1n) is 20.9. The molecule has 13 nitrogen and oxygen atoms in total. The molecular weight excluding hydrogens is 787 g/mol. The molecule has 0 aliphatic carbocycles. The number of rotatable bonds is 15. The van der Waals surface area contributed by atoms with E-state index >= 15 is 0 Å². The van der Waals surface area contributed by atoms with Crippen molar-refractivity contribution in [2.45, 2.75) is 67.3 Å². The third-order valence-electron chi connectivity index (χ3n) is 9.87. The number of hydrogen-bond donors (Lipinski definition) is 0. The fourth-order valence-corrected chi connectivity index (χ4v) is 6.40. The van der Waals surface area contributed by atoms with Crippen LogP contribution in [0.2, 0.25) is 0 Å². The van der Waals surface area contributed by atoms with Gasteiger partial charge in [0.1, 0.15) is 13.5 Å². The lowest BCUT2D eigenvalue weighted by Gasteiger charge is -2.21. The minimum absolute atomic E-state index is 0.0274. The first-order chi connectivity index (χ1) is 29.8. The van der Waals surface area contributed by atoms with E-state index in [0.29, 0.717) is 45.5 Å². The number of benzene rings is 3. The van der Waals surface area contributed by atoms with Gasteiger partial charge in [-0.05, 0) is 96.0 Å². The number of carbonyl (C=O) groups is 3. The van der Waals surface area contributed by atoms with E-state index in [1.54, 1.807) is 57.6 Å². The van der Waals surface area contributed by atoms with Gasteiger partial charge in [-0.2, -0.15) is 0 Å². The highest BCUT2D eigenvalue weighted by molar-refractivity contribution is 6.10. The van der Waals surface area contributed by atoms with E-state index < -0.39 is 0 Å². The van der Waals surface area contributed by atoms with Crippen LogP contribution in [0.1, 0.15) is 85.0 Å². The highest BCUT2D eigenvalue weighted by Gasteiger charge is 2.32. The van der Waals surface area contributed by atoms with Crippen LogP contribution in [-0.2, 0) is 9.53 Å². The van der Waals surface area contributed by atoms with Crippen molar-refractivity contribution in [3.63, 3.8) is 0 Å². The highest BCUT2D eigenvalue weighted by atomic mass is 16.5. The van der Waals surface area contributed by atoms with Gasteiger partial charge in [0.05, 0.1) is 43.6 Å². The Labute approximate surface area is 368 Å². The van der Waals surface area contributed by atoms with E-state index in [0.717, 1.165) is 61.0 Å². The molecule has 0 saturated carbocycles. The molecule has 1 saturated heterocycles. The Kier molecular flexibility index (Phi) is 20.8. The second-order valence-corrected chi connectivity index (χ2v) is 14.6. The number of para-hydroxylation sites is 1. The smallest absolute Gasteiger partial charge is 0.256 e. The van der Waals surface area contributed by atoms with E-state index in [-0.39, 0.29) is 31.2 Å². The van der Waals surface area contributed by atoms with E-state index in [9.17, 15) is 14.4 Å². The Morgan fingerprint density at radius 3 is 2.21 bits per heavy atom. The highest BCUT2D eigenvalue weighted by Crippen LogP contribution is 2.38. The summed E-state index contributed by atoms with van der Waals surface area (Å²) in [7, 11) is 8.41. The van der Waals surface area contributed by atoms with Crippen LogP contribution in [0.25, 0.3) is 17.0 Å². The van der Waals surface area contributed by atoms with E-state index in [1.807, 2.05) is 106 Å². The molecule has 4 aromatic rings. The molecule has 0 radical (unpaired) electrons. The molecule has 3 aromatic carbocycles. The maximum atomic E-state index is 13.2. The summed E-state index contributed by atoms with van der Waals surface area (Å²) in [5.74, 6) is 1.88. The number of nitrogens with zero attached hydrogens (tertiary/aromatic N) is 5. The number of fused-ring (bicyclic) bond motifs is 3. The molecule has 3 heterocycles. The van der Waals surface area contributed by atoms with Crippen LogP contribution in [0.4, 0.5) is 5.69 Å². The fraction of sp³-hybridized carbons (Fsp3) is 0.408. The van der Waals surface area contributed by atoms with Crippen molar-refractivity contribution < 1.29 is 38.1 Å². The first-order valence-corrected chi connectivity index (χ1v) is 20.9. The van der Waals surface area contributed by atoms with Crippen molar-refractivity contribution in [2.24, 2.45) is 4.99 Å². The zero-order valence-electron chi connectivity index (χ0n) is 38.6. The summed E-state index contributed by atoms with van der Waals surface area (Å²) in [6, 6.07) is 16.8. The molecule has 1 atom stereocenters. The SMILES string of the molecule is CC.CCN(C)C=O.COCC=C(C)C.COc1cc(/C=C/C(=O)c2c(C)nc3ccccc3c2C)ccc1OCN(C)COc1cc2c(cc1OC)C(=O)N1CCCC1C=N2. The molecule has 2 aliphatic rings. The van der Waals surface area contributed by atoms with Crippen LogP contribution in [-0.4, -0.2) is 119 Å². The fourth-order valence-electron chi connectivity index (χ4n) is 6.40. The number of amides is 2. The van der Waals surface area contributed by atoms with E-state index in [1.165, 1.54) is 5.57 Å². The lowest BCUT2D eigenvalue weighted by atomic mass is 9.98. The van der Waals surface area contributed by atoms with Crippen molar-refractivity contribution in [3.05, 3.63) is 100 Å². The largest absolute Gasteiger partial charge is 0.493 e. The third-order valence-corrected chi connectivity index (χ3v) is 9.87. The second-order valence-electron chi connectivity index (χ2n) is 14.6. The Hall–Kier alpha value is -6.05. The second kappa shape index (κ2) is 25.7. The average molecular weight is 852 g/mol. The first kappa shape index (κ1) is 50.3. The number of aromatic nitrogens is 1. The van der Waals surface area contributed by atoms with Gasteiger partial charge in [-0.25, -0.2) is 4.90 Å². The van der Waals surface area contributed by atoms with Gasteiger partial charge < -0.3 is 33.5 Å². The summed E-state index contributed by atoms with van der Waals surface area (Å²) in [6.45, 7) is 16.5. The Morgan fingerprint density at radius 2 is 1.60 bits per heavy atom. The molecule has 0 bridgehead atoms. The van der Waals surface area contributed by atoms with Gasteiger partial charge in [-0.1, -0.05) is 55.8 Å². The molecule has 62 heavy (non-hydrogen) atoms. The number of carbonyl (C=O) groups excluding carboxylic acids is 3. The Morgan fingerprint density at radius 1 is 0.919 bits per heavy atom. The molecule has 334 valence electrons. The molecule has 1 fully saturated rings. The van der Waals surface area contributed by atoms with Gasteiger partial charge in [0.2, 0.25) is 6.41 Å². The van der Waals surface area contributed by atoms with Crippen LogP contribution < -0.4 is 18.9 Å². The van der Waals surface area contributed by atoms with Crippen LogP contribution in [0.15, 0.2) is 77.3 Å². The van der Waals surface area contributed by atoms with Crippen molar-refractivity contribution in [2.75, 3.05) is 68.6 Å². The van der Waals surface area contributed by atoms with Crippen molar-refractivity contribution in [1.29, 1.82) is 0 Å². The van der Waals surface area contributed by atoms with Crippen molar-refractivity contribution in [1.82, 2.24) is 19.7 Å². The minimum atomic E-state index is -0.107. The molecule has 0 N–H and O–H groups in total. The number of pyridine rings is 1. The van der Waals surface area contributed by atoms with Gasteiger partial charge in [-0.15, -0.1) is 0 Å². The lowest BCUT2D eigenvalue weighted by Crippen LogP contribution is -2.35. The normalized spacial score (nSPS) is 13.6. The van der Waals surface area contributed by atoms with Crippen LogP contribution in [0.3, 0.4) is 0 Å². The molecule has 13 heteroatoms. The number of hydrogen-bond acceptors (Lipinski definition) is 11. The summed E-state index contributed by atoms with van der Waals surface area (Å²) < 4.78 is 28.0. The summed E-state index contributed by atoms with van der Waals surface area (Å²) >= 11 is 0. The molecule has 6 rings (SSSR count). The van der Waals surface area contributed by atoms with Crippen LogP contribution >= 0.6 is 0 Å². The van der Waals surface area contributed by atoms with Gasteiger partial charge >= 0.3 is 0 Å². The predicted molar refractivity (Wildman–Crippen MR) is 249 cm³/mol. The zero-order valence-corrected chi connectivity index (χ0v) is 38.6. The number of ketones is 1. The number of aliphatic imine (C=N–C) groups is 1. The monoisotopic (exact) mass is 851 g/mol.